The lowest BCUT2D eigenvalue weighted by Gasteiger charge is -2.22. The smallest absolute Gasteiger partial charge is 0.315 e. The van der Waals surface area contributed by atoms with Crippen LogP contribution in [0.3, 0.4) is 0 Å². The van der Waals surface area contributed by atoms with Crippen LogP contribution >= 0.6 is 0 Å². The van der Waals surface area contributed by atoms with Crippen LogP contribution in [0.5, 0.6) is 0 Å². The van der Waals surface area contributed by atoms with Crippen LogP contribution in [0.15, 0.2) is 24.3 Å². The molecule has 1 aliphatic rings. The number of Topliss-reactive ketones (excluding diaryl/α,β-unsaturated/α-hetero) is 1. The minimum atomic E-state index is -1.03. The molecule has 10 heteroatoms. The number of carbonyl (C=O) groups is 5. The molecule has 0 fully saturated rings. The predicted octanol–water partition coefficient (Wildman–Crippen LogP) is 3.55. The molecule has 0 aromatic carbocycles. The molecule has 0 bridgehead atoms. The molecular weight excluding hydrogens is 510 g/mol. The third kappa shape index (κ3) is 17.4. The number of nitrogens with one attached hydrogen (secondary N) is 4. The van der Waals surface area contributed by atoms with Crippen molar-refractivity contribution in [2.45, 2.75) is 116 Å². The molecule has 0 radical (unpaired) electrons. The molecule has 6 N–H and O–H groups in total. The maximum absolute atomic E-state index is 13.1. The van der Waals surface area contributed by atoms with Gasteiger partial charge in [-0.2, -0.15) is 0 Å². The fourth-order valence-corrected chi connectivity index (χ4v) is 4.40. The second-order valence-corrected chi connectivity index (χ2v) is 10.6. The summed E-state index contributed by atoms with van der Waals surface area (Å²) in [7, 11) is 0. The molecule has 0 saturated carbocycles. The maximum atomic E-state index is 13.1. The Balaban J connectivity index is 2.57. The average Bonchev–Trinajstić information content (AvgIpc) is 2.91. The Kier molecular flexibility index (Phi) is 18.8. The van der Waals surface area contributed by atoms with Gasteiger partial charge in [0.2, 0.25) is 17.7 Å². The lowest BCUT2D eigenvalue weighted by Crippen LogP contribution is -2.53. The molecule has 0 saturated heterocycles. The molecule has 0 spiro atoms. The van der Waals surface area contributed by atoms with E-state index in [0.29, 0.717) is 19.5 Å². The average molecular weight is 562 g/mol. The number of urea groups is 1. The highest BCUT2D eigenvalue weighted by atomic mass is 16.2. The van der Waals surface area contributed by atoms with Crippen LogP contribution < -0.4 is 27.0 Å². The van der Waals surface area contributed by atoms with E-state index in [4.69, 9.17) is 5.73 Å². The van der Waals surface area contributed by atoms with Gasteiger partial charge < -0.3 is 27.0 Å². The van der Waals surface area contributed by atoms with E-state index in [-0.39, 0.29) is 36.9 Å². The first-order valence-electron chi connectivity index (χ1n) is 15.0. The molecule has 1 unspecified atom stereocenters. The summed E-state index contributed by atoms with van der Waals surface area (Å²) in [5.74, 6) is -1.79. The van der Waals surface area contributed by atoms with Gasteiger partial charge in [-0.1, -0.05) is 89.9 Å². The van der Waals surface area contributed by atoms with E-state index >= 15 is 0 Å². The molecule has 40 heavy (non-hydrogen) atoms. The number of hydrogen-bond donors (Lipinski definition) is 5. The Morgan fingerprint density at radius 3 is 2.30 bits per heavy atom. The summed E-state index contributed by atoms with van der Waals surface area (Å²) in [6, 6.07) is -2.43. The number of allylic oxidation sites excluding steroid dienone is 1. The molecule has 0 aromatic rings. The first-order valence-corrected chi connectivity index (χ1v) is 15.0. The monoisotopic (exact) mass is 561 g/mol. The van der Waals surface area contributed by atoms with Crippen molar-refractivity contribution in [3.05, 3.63) is 24.3 Å². The number of ketones is 1. The second-order valence-electron chi connectivity index (χ2n) is 10.6. The third-order valence-electron chi connectivity index (χ3n) is 6.80. The number of amides is 5. The fraction of sp³-hybridized carbons (Fsp3) is 0.700. The largest absolute Gasteiger partial charge is 0.370 e. The maximum Gasteiger partial charge on any atom is 0.315 e. The van der Waals surface area contributed by atoms with Crippen LogP contribution in [0, 0.1) is 5.92 Å². The molecule has 1 rings (SSSR count). The van der Waals surface area contributed by atoms with E-state index in [1.165, 1.54) is 51.0 Å². The van der Waals surface area contributed by atoms with Gasteiger partial charge in [0, 0.05) is 25.9 Å². The Morgan fingerprint density at radius 1 is 1.00 bits per heavy atom. The van der Waals surface area contributed by atoms with Gasteiger partial charge in [0.05, 0.1) is 0 Å². The van der Waals surface area contributed by atoms with E-state index < -0.39 is 29.9 Å². The molecule has 0 aromatic heterocycles. The summed E-state index contributed by atoms with van der Waals surface area (Å²) < 4.78 is 0. The van der Waals surface area contributed by atoms with Crippen molar-refractivity contribution < 1.29 is 24.0 Å². The number of hydrogen-bond acceptors (Lipinski definition) is 5. The van der Waals surface area contributed by atoms with Crippen LogP contribution in [-0.2, 0) is 19.2 Å². The minimum Gasteiger partial charge on any atom is -0.370 e. The number of rotatable bonds is 17. The Hall–Kier alpha value is -3.17. The van der Waals surface area contributed by atoms with Gasteiger partial charge in [-0.15, -0.1) is 0 Å². The van der Waals surface area contributed by atoms with Crippen LogP contribution in [0.2, 0.25) is 0 Å². The molecule has 226 valence electrons. The van der Waals surface area contributed by atoms with Crippen molar-refractivity contribution in [3.8, 4) is 0 Å². The van der Waals surface area contributed by atoms with E-state index in [9.17, 15) is 24.0 Å². The van der Waals surface area contributed by atoms with E-state index in [1.54, 1.807) is 18.2 Å². The zero-order chi connectivity index (χ0) is 29.6. The molecule has 5 amide bonds. The lowest BCUT2D eigenvalue weighted by molar-refractivity contribution is -0.128. The van der Waals surface area contributed by atoms with Gasteiger partial charge in [-0.05, 0) is 31.3 Å². The van der Waals surface area contributed by atoms with Crippen molar-refractivity contribution in [3.63, 3.8) is 0 Å². The van der Waals surface area contributed by atoms with E-state index in [2.05, 4.69) is 28.2 Å². The normalized spacial score (nSPS) is 20.2. The van der Waals surface area contributed by atoms with Crippen LogP contribution in [-0.4, -0.2) is 54.7 Å². The van der Waals surface area contributed by atoms with Gasteiger partial charge >= 0.3 is 6.03 Å². The van der Waals surface area contributed by atoms with Crippen molar-refractivity contribution in [2.24, 2.45) is 11.7 Å². The summed E-state index contributed by atoms with van der Waals surface area (Å²) in [5.41, 5.74) is 5.28. The zero-order valence-corrected chi connectivity index (χ0v) is 24.5. The van der Waals surface area contributed by atoms with E-state index in [0.717, 1.165) is 19.3 Å². The summed E-state index contributed by atoms with van der Waals surface area (Å²) in [6.07, 6.45) is 18.9. The highest BCUT2D eigenvalue weighted by molar-refractivity contribution is 5.94. The first kappa shape index (κ1) is 34.9. The molecule has 1 aliphatic heterocycles. The Morgan fingerprint density at radius 2 is 1.65 bits per heavy atom. The van der Waals surface area contributed by atoms with Gasteiger partial charge in [0.1, 0.15) is 12.1 Å². The molecule has 1 heterocycles. The molecule has 10 nitrogen and oxygen atoms in total. The molecule has 3 atom stereocenters. The summed E-state index contributed by atoms with van der Waals surface area (Å²) in [6.45, 7) is 4.91. The summed E-state index contributed by atoms with van der Waals surface area (Å²) in [4.78, 5) is 61.6. The van der Waals surface area contributed by atoms with Crippen molar-refractivity contribution in [1.82, 2.24) is 21.3 Å². The number of carbonyl (C=O) groups excluding carboxylic acids is 5. The minimum absolute atomic E-state index is 0.0165. The topological polar surface area (TPSA) is 159 Å². The van der Waals surface area contributed by atoms with Gasteiger partial charge in [-0.3, -0.25) is 19.2 Å². The standard InChI is InChI=1S/C30H51N5O5/c1-3-4-5-6-7-8-9-10-11-13-21-33-30(40)35-25(17-18-27(31)37)29(39)34-24-15-12-14-20-32-28(38)19-16-23(2)22-26(24)36/h12,15-16,19,23-25H,3-11,13-14,17-18,20-22H2,1-2H3,(H2,31,37)(H,32,38)(H,34,39)(H2,33,35,40)/b15-12+,19-16+/t23-,24-,25?/m0/s1. The summed E-state index contributed by atoms with van der Waals surface area (Å²) >= 11 is 0. The van der Waals surface area contributed by atoms with E-state index in [1.807, 2.05) is 6.92 Å². The Labute approximate surface area is 239 Å². The lowest BCUT2D eigenvalue weighted by atomic mass is 9.98. The SMILES string of the molecule is CCCCCCCCCCCCNC(=O)NC(CCC(N)=O)C(=O)N[C@H]1/C=C/CCNC(=O)/C=C/[C@H](C)CC1=O. The molecular formula is C30H51N5O5. The number of unbranched alkanes of at least 4 members (excludes halogenated alkanes) is 9. The highest BCUT2D eigenvalue weighted by Crippen LogP contribution is 2.11. The quantitative estimate of drug-likeness (QED) is 0.135. The third-order valence-corrected chi connectivity index (χ3v) is 6.80. The predicted molar refractivity (Wildman–Crippen MR) is 157 cm³/mol. The van der Waals surface area contributed by atoms with Gasteiger partial charge in [0.25, 0.3) is 0 Å². The van der Waals surface area contributed by atoms with Gasteiger partial charge in [0.15, 0.2) is 5.78 Å². The summed E-state index contributed by atoms with van der Waals surface area (Å²) in [5, 5.41) is 10.9. The van der Waals surface area contributed by atoms with Crippen molar-refractivity contribution in [2.75, 3.05) is 13.1 Å². The highest BCUT2D eigenvalue weighted by Gasteiger charge is 2.26. The van der Waals surface area contributed by atoms with Crippen molar-refractivity contribution in [1.29, 1.82) is 0 Å². The van der Waals surface area contributed by atoms with Crippen LogP contribution in [0.1, 0.15) is 104 Å². The second kappa shape index (κ2) is 21.6. The zero-order valence-electron chi connectivity index (χ0n) is 24.5. The Bertz CT molecular complexity index is 857. The van der Waals surface area contributed by atoms with Crippen molar-refractivity contribution >= 4 is 29.5 Å². The van der Waals surface area contributed by atoms with Crippen LogP contribution in [0.25, 0.3) is 0 Å². The number of primary amides is 1. The number of nitrogens with two attached hydrogens (primary N) is 1. The first-order chi connectivity index (χ1) is 19.2. The van der Waals surface area contributed by atoms with Gasteiger partial charge in [-0.25, -0.2) is 4.79 Å². The fourth-order valence-electron chi connectivity index (χ4n) is 4.40. The van der Waals surface area contributed by atoms with Crippen LogP contribution in [0.4, 0.5) is 4.79 Å². The molecule has 0 aliphatic carbocycles.